The van der Waals surface area contributed by atoms with Crippen LogP contribution in [0.5, 0.6) is 5.75 Å². The normalized spacial score (nSPS) is 11.9. The van der Waals surface area contributed by atoms with Gasteiger partial charge in [-0.25, -0.2) is 0 Å². The average Bonchev–Trinajstić information content (AvgIpc) is 2.47. The van der Waals surface area contributed by atoms with Crippen molar-refractivity contribution in [3.63, 3.8) is 0 Å². The van der Waals surface area contributed by atoms with Gasteiger partial charge in [-0.3, -0.25) is 4.79 Å². The van der Waals surface area contributed by atoms with Gasteiger partial charge in [0.1, 0.15) is 5.75 Å². The van der Waals surface area contributed by atoms with Crippen molar-refractivity contribution in [3.05, 3.63) is 29.8 Å². The summed E-state index contributed by atoms with van der Waals surface area (Å²) in [5.41, 5.74) is 6.85. The van der Waals surface area contributed by atoms with Crippen molar-refractivity contribution in [1.29, 1.82) is 0 Å². The molecular weight excluding hydrogens is 254 g/mol. The monoisotopic (exact) mass is 279 g/mol. The number of methoxy groups -OCH3 is 1. The molecule has 4 nitrogen and oxygen atoms in total. The molecule has 0 aliphatic carbocycles. The van der Waals surface area contributed by atoms with Crippen LogP contribution in [0.1, 0.15) is 50.6 Å². The molecule has 1 rings (SSSR count). The van der Waals surface area contributed by atoms with Crippen LogP contribution in [0.25, 0.3) is 0 Å². The van der Waals surface area contributed by atoms with E-state index in [4.69, 9.17) is 10.5 Å². The predicted molar refractivity (Wildman–Crippen MR) is 79.6 cm³/mol. The van der Waals surface area contributed by atoms with Crippen molar-refractivity contribution in [2.24, 2.45) is 5.73 Å². The second-order valence-corrected chi connectivity index (χ2v) is 4.86. The summed E-state index contributed by atoms with van der Waals surface area (Å²) in [7, 11) is 1.37. The Morgan fingerprint density at radius 1 is 1.20 bits per heavy atom. The summed E-state index contributed by atoms with van der Waals surface area (Å²) in [5.74, 6) is 0.546. The molecule has 0 radical (unpaired) electrons. The number of hydrogen-bond acceptors (Lipinski definition) is 4. The van der Waals surface area contributed by atoms with Gasteiger partial charge in [0.2, 0.25) is 0 Å². The van der Waals surface area contributed by atoms with E-state index in [9.17, 15) is 4.79 Å². The molecule has 0 aliphatic rings. The Kier molecular flexibility index (Phi) is 7.73. The summed E-state index contributed by atoms with van der Waals surface area (Å²) in [6.07, 6.45) is 4.96. The minimum absolute atomic E-state index is 0.188. The van der Waals surface area contributed by atoms with E-state index in [-0.39, 0.29) is 18.4 Å². The minimum Gasteiger partial charge on any atom is -0.494 e. The highest BCUT2D eigenvalue weighted by atomic mass is 16.5. The van der Waals surface area contributed by atoms with Crippen LogP contribution in [-0.4, -0.2) is 19.7 Å². The summed E-state index contributed by atoms with van der Waals surface area (Å²) in [5, 5.41) is 0. The standard InChI is InChI=1S/C16H25NO3/c1-3-4-5-6-11-20-14-9-7-13(8-10-14)15(17)12-16(18)19-2/h7-10,15H,3-6,11-12,17H2,1-2H3. The fourth-order valence-corrected chi connectivity index (χ4v) is 1.91. The van der Waals surface area contributed by atoms with Crippen molar-refractivity contribution < 1.29 is 14.3 Å². The lowest BCUT2D eigenvalue weighted by Gasteiger charge is -2.12. The molecule has 20 heavy (non-hydrogen) atoms. The molecule has 1 unspecified atom stereocenters. The van der Waals surface area contributed by atoms with E-state index in [1.165, 1.54) is 26.4 Å². The van der Waals surface area contributed by atoms with E-state index < -0.39 is 0 Å². The lowest BCUT2D eigenvalue weighted by atomic mass is 10.0. The maximum Gasteiger partial charge on any atom is 0.307 e. The number of unbranched alkanes of at least 4 members (excludes halogenated alkanes) is 3. The molecular formula is C16H25NO3. The first-order valence-corrected chi connectivity index (χ1v) is 7.22. The zero-order valence-corrected chi connectivity index (χ0v) is 12.4. The molecule has 0 bridgehead atoms. The Labute approximate surface area is 121 Å². The molecule has 0 heterocycles. The van der Waals surface area contributed by atoms with Gasteiger partial charge in [0, 0.05) is 6.04 Å². The minimum atomic E-state index is -0.332. The Morgan fingerprint density at radius 2 is 1.90 bits per heavy atom. The van der Waals surface area contributed by atoms with E-state index in [1.807, 2.05) is 24.3 Å². The Hall–Kier alpha value is -1.55. The number of rotatable bonds is 9. The topological polar surface area (TPSA) is 61.5 Å². The lowest BCUT2D eigenvalue weighted by Crippen LogP contribution is -2.16. The molecule has 4 heteroatoms. The Bertz CT molecular complexity index is 389. The lowest BCUT2D eigenvalue weighted by molar-refractivity contribution is -0.141. The Morgan fingerprint density at radius 3 is 2.50 bits per heavy atom. The summed E-state index contributed by atoms with van der Waals surface area (Å²) in [4.78, 5) is 11.2. The van der Waals surface area contributed by atoms with E-state index in [2.05, 4.69) is 11.7 Å². The SMILES string of the molecule is CCCCCCOc1ccc(C(N)CC(=O)OC)cc1. The molecule has 0 aromatic heterocycles. The molecule has 0 spiro atoms. The van der Waals surface area contributed by atoms with Crippen molar-refractivity contribution >= 4 is 5.97 Å². The number of ether oxygens (including phenoxy) is 2. The predicted octanol–water partition coefficient (Wildman–Crippen LogP) is 3.21. The van der Waals surface area contributed by atoms with Gasteiger partial charge in [0.05, 0.1) is 20.1 Å². The molecule has 0 saturated carbocycles. The third-order valence-electron chi connectivity index (χ3n) is 3.19. The molecule has 0 fully saturated rings. The first kappa shape index (κ1) is 16.5. The molecule has 1 atom stereocenters. The van der Waals surface area contributed by atoms with E-state index >= 15 is 0 Å². The third kappa shape index (κ3) is 6.06. The summed E-state index contributed by atoms with van der Waals surface area (Å²) < 4.78 is 10.3. The van der Waals surface area contributed by atoms with Crippen molar-refractivity contribution in [1.82, 2.24) is 0 Å². The van der Waals surface area contributed by atoms with Gasteiger partial charge >= 0.3 is 5.97 Å². The van der Waals surface area contributed by atoms with Crippen molar-refractivity contribution in [3.8, 4) is 5.75 Å². The van der Waals surface area contributed by atoms with Gasteiger partial charge < -0.3 is 15.2 Å². The smallest absolute Gasteiger partial charge is 0.307 e. The van der Waals surface area contributed by atoms with Crippen LogP contribution in [0, 0.1) is 0 Å². The van der Waals surface area contributed by atoms with Crippen LogP contribution in [0.2, 0.25) is 0 Å². The molecule has 2 N–H and O–H groups in total. The highest BCUT2D eigenvalue weighted by Gasteiger charge is 2.11. The number of benzene rings is 1. The van der Waals surface area contributed by atoms with Crippen LogP contribution in [0.4, 0.5) is 0 Å². The van der Waals surface area contributed by atoms with Crippen LogP contribution in [0.3, 0.4) is 0 Å². The molecule has 1 aromatic carbocycles. The van der Waals surface area contributed by atoms with E-state index in [0.717, 1.165) is 24.3 Å². The van der Waals surface area contributed by atoms with Gasteiger partial charge in [0.25, 0.3) is 0 Å². The molecule has 112 valence electrons. The Balaban J connectivity index is 2.37. The summed E-state index contributed by atoms with van der Waals surface area (Å²) >= 11 is 0. The number of carbonyl (C=O) groups is 1. The van der Waals surface area contributed by atoms with Crippen LogP contribution >= 0.6 is 0 Å². The third-order valence-corrected chi connectivity index (χ3v) is 3.19. The van der Waals surface area contributed by atoms with Crippen LogP contribution in [0.15, 0.2) is 24.3 Å². The van der Waals surface area contributed by atoms with Gasteiger partial charge in [-0.05, 0) is 24.1 Å². The second-order valence-electron chi connectivity index (χ2n) is 4.86. The summed E-state index contributed by atoms with van der Waals surface area (Å²) in [6, 6.07) is 7.25. The van der Waals surface area contributed by atoms with E-state index in [0.29, 0.717) is 0 Å². The number of carbonyl (C=O) groups excluding carboxylic acids is 1. The maximum absolute atomic E-state index is 11.2. The highest BCUT2D eigenvalue weighted by molar-refractivity contribution is 5.70. The molecule has 0 aliphatic heterocycles. The molecule has 1 aromatic rings. The quantitative estimate of drug-likeness (QED) is 0.557. The largest absolute Gasteiger partial charge is 0.494 e. The molecule has 0 amide bonds. The van der Waals surface area contributed by atoms with Crippen molar-refractivity contribution in [2.45, 2.75) is 45.1 Å². The fourth-order valence-electron chi connectivity index (χ4n) is 1.91. The zero-order valence-electron chi connectivity index (χ0n) is 12.4. The second kappa shape index (κ2) is 9.37. The highest BCUT2D eigenvalue weighted by Crippen LogP contribution is 2.19. The first-order valence-electron chi connectivity index (χ1n) is 7.22. The first-order chi connectivity index (χ1) is 9.67. The number of esters is 1. The van der Waals surface area contributed by atoms with Gasteiger partial charge in [-0.15, -0.1) is 0 Å². The average molecular weight is 279 g/mol. The maximum atomic E-state index is 11.2. The summed E-state index contributed by atoms with van der Waals surface area (Å²) in [6.45, 7) is 2.94. The van der Waals surface area contributed by atoms with Gasteiger partial charge in [0.15, 0.2) is 0 Å². The van der Waals surface area contributed by atoms with E-state index in [1.54, 1.807) is 0 Å². The van der Waals surface area contributed by atoms with Gasteiger partial charge in [-0.1, -0.05) is 38.3 Å². The molecule has 0 saturated heterocycles. The van der Waals surface area contributed by atoms with Crippen LogP contribution < -0.4 is 10.5 Å². The van der Waals surface area contributed by atoms with Crippen LogP contribution in [-0.2, 0) is 9.53 Å². The fraction of sp³-hybridized carbons (Fsp3) is 0.562. The van der Waals surface area contributed by atoms with Gasteiger partial charge in [-0.2, -0.15) is 0 Å². The number of nitrogens with two attached hydrogens (primary N) is 1. The van der Waals surface area contributed by atoms with Crippen molar-refractivity contribution in [2.75, 3.05) is 13.7 Å². The zero-order chi connectivity index (χ0) is 14.8. The number of hydrogen-bond donors (Lipinski definition) is 1.